The molecule has 35 heavy (non-hydrogen) atoms. The summed E-state index contributed by atoms with van der Waals surface area (Å²) < 4.78 is 6.15. The van der Waals surface area contributed by atoms with Gasteiger partial charge in [0.25, 0.3) is 11.5 Å². The Bertz CT molecular complexity index is 1140. The first-order chi connectivity index (χ1) is 16.7. The lowest BCUT2D eigenvalue weighted by atomic mass is 9.92. The third-order valence-corrected chi connectivity index (χ3v) is 6.80. The van der Waals surface area contributed by atoms with Crippen molar-refractivity contribution in [1.82, 2.24) is 5.32 Å². The summed E-state index contributed by atoms with van der Waals surface area (Å²) in [4.78, 5) is 41.2. The van der Waals surface area contributed by atoms with E-state index >= 15 is 0 Å². The highest BCUT2D eigenvalue weighted by Gasteiger charge is 2.62. The van der Waals surface area contributed by atoms with Gasteiger partial charge < -0.3 is 15.2 Å². The molecule has 2 aromatic rings. The van der Waals surface area contributed by atoms with E-state index in [0.717, 1.165) is 41.5 Å². The fourth-order valence-electron chi connectivity index (χ4n) is 4.65. The molecule has 0 radical (unpaired) electrons. The highest BCUT2D eigenvalue weighted by Crippen LogP contribution is 2.41. The molecule has 0 spiro atoms. The number of amides is 1. The number of nitrogens with one attached hydrogen (secondary N) is 1. The van der Waals surface area contributed by atoms with Crippen molar-refractivity contribution in [3.8, 4) is 0 Å². The first kappa shape index (κ1) is 25.1. The van der Waals surface area contributed by atoms with E-state index in [2.05, 4.69) is 21.2 Å². The zero-order valence-electron chi connectivity index (χ0n) is 19.8. The normalized spacial score (nSPS) is 22.5. The number of nitrogens with zero attached hydrogens (tertiary/aromatic N) is 1. The number of hydrogen-bond acceptors (Lipinski definition) is 6. The van der Waals surface area contributed by atoms with E-state index in [4.69, 9.17) is 4.74 Å². The zero-order valence-corrected chi connectivity index (χ0v) is 21.4. The van der Waals surface area contributed by atoms with Gasteiger partial charge in [-0.2, -0.15) is 0 Å². The number of ketones is 1. The molecule has 1 unspecified atom stereocenters. The number of esters is 1. The lowest BCUT2D eigenvalue weighted by Crippen LogP contribution is -2.55. The topological polar surface area (TPSA) is 95.9 Å². The van der Waals surface area contributed by atoms with E-state index in [1.54, 1.807) is 62.4 Å². The van der Waals surface area contributed by atoms with E-state index in [-0.39, 0.29) is 23.0 Å². The van der Waals surface area contributed by atoms with Crippen LogP contribution in [-0.2, 0) is 19.1 Å². The van der Waals surface area contributed by atoms with Crippen LogP contribution in [0, 0.1) is 0 Å². The summed E-state index contributed by atoms with van der Waals surface area (Å²) in [5, 5.41) is 15.5. The van der Waals surface area contributed by atoms with Gasteiger partial charge in [-0.15, -0.1) is 0 Å². The summed E-state index contributed by atoms with van der Waals surface area (Å²) in [6.45, 7) is 3.29. The van der Waals surface area contributed by atoms with Crippen molar-refractivity contribution in [1.29, 1.82) is 0 Å². The molecule has 1 saturated heterocycles. The summed E-state index contributed by atoms with van der Waals surface area (Å²) >= 11 is 3.35. The molecule has 0 bridgehead atoms. The number of rotatable bonds is 6. The molecular weight excluding hydrogens is 512 g/mol. The van der Waals surface area contributed by atoms with Crippen molar-refractivity contribution in [3.63, 3.8) is 0 Å². The number of hydrogen-bond donors (Lipinski definition) is 2. The van der Waals surface area contributed by atoms with Crippen LogP contribution in [0.25, 0.3) is 5.70 Å². The van der Waals surface area contributed by atoms with Gasteiger partial charge in [-0.1, -0.05) is 65.5 Å². The molecule has 0 aromatic heterocycles. The standard InChI is InChI=1S/C27H29BrN2O5/c1-17(2)35-26(33)27(34)22(24(31)25(32)30(27)21-15-13-19(28)14-16-21)23(18-9-5-3-6-10-18)29-20-11-7-4-8-12-20/h3,5-6,9-10,13-17,20,29,34H,4,7-8,11-12H2,1-2H3/b23-22+. The van der Waals surface area contributed by atoms with Gasteiger partial charge in [-0.3, -0.25) is 14.5 Å². The number of halogens is 1. The van der Waals surface area contributed by atoms with Crippen molar-refractivity contribution >= 4 is 45.0 Å². The van der Waals surface area contributed by atoms with E-state index in [9.17, 15) is 19.5 Å². The molecule has 7 nitrogen and oxygen atoms in total. The Hall–Kier alpha value is -2.97. The Morgan fingerprint density at radius 3 is 2.29 bits per heavy atom. The Morgan fingerprint density at radius 2 is 1.69 bits per heavy atom. The first-order valence-corrected chi connectivity index (χ1v) is 12.7. The minimum atomic E-state index is -2.64. The highest BCUT2D eigenvalue weighted by molar-refractivity contribution is 9.10. The fraction of sp³-hybridized carbons (Fsp3) is 0.370. The van der Waals surface area contributed by atoms with Gasteiger partial charge in [0.05, 0.1) is 17.4 Å². The maximum atomic E-state index is 13.6. The molecule has 4 rings (SSSR count). The molecule has 1 aliphatic heterocycles. The van der Waals surface area contributed by atoms with E-state index in [1.807, 2.05) is 6.07 Å². The van der Waals surface area contributed by atoms with Gasteiger partial charge in [0.1, 0.15) is 0 Å². The molecule has 184 valence electrons. The van der Waals surface area contributed by atoms with Crippen LogP contribution in [0.15, 0.2) is 64.6 Å². The molecule has 1 heterocycles. The zero-order chi connectivity index (χ0) is 25.2. The quantitative estimate of drug-likeness (QED) is 0.321. The maximum absolute atomic E-state index is 13.6. The predicted octanol–water partition coefficient (Wildman–Crippen LogP) is 4.34. The maximum Gasteiger partial charge on any atom is 0.365 e. The van der Waals surface area contributed by atoms with Gasteiger partial charge in [0.2, 0.25) is 0 Å². The highest BCUT2D eigenvalue weighted by atomic mass is 79.9. The van der Waals surface area contributed by atoms with Crippen LogP contribution in [-0.4, -0.2) is 40.6 Å². The van der Waals surface area contributed by atoms with Crippen LogP contribution in [0.1, 0.15) is 51.5 Å². The SMILES string of the molecule is CC(C)OC(=O)C1(O)/C(=C(/NC2CCCCC2)c2ccccc2)C(=O)C(=O)N1c1ccc(Br)cc1. The number of aliphatic hydroxyl groups is 1. The summed E-state index contributed by atoms with van der Waals surface area (Å²) in [6, 6.07) is 15.5. The Morgan fingerprint density at radius 1 is 1.06 bits per heavy atom. The van der Waals surface area contributed by atoms with Gasteiger partial charge in [0, 0.05) is 16.2 Å². The summed E-state index contributed by atoms with van der Waals surface area (Å²) in [5.74, 6) is -3.02. The Balaban J connectivity index is 1.95. The van der Waals surface area contributed by atoms with E-state index in [0.29, 0.717) is 5.56 Å². The molecule has 8 heteroatoms. The van der Waals surface area contributed by atoms with Gasteiger partial charge in [-0.05, 0) is 56.5 Å². The third kappa shape index (κ3) is 4.90. The van der Waals surface area contributed by atoms with Gasteiger partial charge in [-0.25, -0.2) is 4.79 Å². The first-order valence-electron chi connectivity index (χ1n) is 11.9. The van der Waals surface area contributed by atoms with Crippen molar-refractivity contribution in [3.05, 3.63) is 70.2 Å². The molecule has 1 saturated carbocycles. The second kappa shape index (κ2) is 10.3. The van der Waals surface area contributed by atoms with Crippen molar-refractivity contribution in [2.45, 2.75) is 63.8 Å². The smallest absolute Gasteiger partial charge is 0.365 e. The molecular formula is C27H29BrN2O5. The summed E-state index contributed by atoms with van der Waals surface area (Å²) in [5.41, 5.74) is -1.87. The van der Waals surface area contributed by atoms with Gasteiger partial charge >= 0.3 is 11.9 Å². The molecule has 1 atom stereocenters. The molecule has 2 aromatic carbocycles. The number of anilines is 1. The largest absolute Gasteiger partial charge is 0.459 e. The number of carbonyl (C=O) groups is 3. The number of carbonyl (C=O) groups excluding carboxylic acids is 3. The fourth-order valence-corrected chi connectivity index (χ4v) is 4.92. The minimum absolute atomic E-state index is 0.0430. The van der Waals surface area contributed by atoms with Crippen molar-refractivity contribution < 1.29 is 24.2 Å². The predicted molar refractivity (Wildman–Crippen MR) is 136 cm³/mol. The van der Waals surface area contributed by atoms with Crippen LogP contribution >= 0.6 is 15.9 Å². The lowest BCUT2D eigenvalue weighted by Gasteiger charge is -2.34. The molecule has 2 fully saturated rings. The number of Topliss-reactive ketones (excluding diaryl/α,β-unsaturated/α-hetero) is 1. The van der Waals surface area contributed by atoms with Crippen LogP contribution in [0.5, 0.6) is 0 Å². The lowest BCUT2D eigenvalue weighted by molar-refractivity contribution is -0.165. The van der Waals surface area contributed by atoms with Crippen molar-refractivity contribution in [2.75, 3.05) is 4.90 Å². The second-order valence-corrected chi connectivity index (χ2v) is 10.1. The third-order valence-electron chi connectivity index (χ3n) is 6.27. The molecule has 1 aliphatic carbocycles. The monoisotopic (exact) mass is 540 g/mol. The van der Waals surface area contributed by atoms with Crippen LogP contribution in [0.3, 0.4) is 0 Å². The van der Waals surface area contributed by atoms with Crippen LogP contribution in [0.4, 0.5) is 5.69 Å². The Labute approximate surface area is 213 Å². The molecule has 1 amide bonds. The molecule has 2 N–H and O–H groups in total. The summed E-state index contributed by atoms with van der Waals surface area (Å²) in [6.07, 6.45) is 4.40. The van der Waals surface area contributed by atoms with E-state index in [1.165, 1.54) is 0 Å². The van der Waals surface area contributed by atoms with E-state index < -0.39 is 29.5 Å². The van der Waals surface area contributed by atoms with Crippen molar-refractivity contribution in [2.24, 2.45) is 0 Å². The number of ether oxygens (including phenoxy) is 1. The average Bonchev–Trinajstić information content (AvgIpc) is 3.05. The summed E-state index contributed by atoms with van der Waals surface area (Å²) in [7, 11) is 0. The average molecular weight is 541 g/mol. The number of benzene rings is 2. The molecule has 2 aliphatic rings. The van der Waals surface area contributed by atoms with Gasteiger partial charge in [0.15, 0.2) is 0 Å². The van der Waals surface area contributed by atoms with Crippen LogP contribution in [0.2, 0.25) is 0 Å². The Kier molecular flexibility index (Phi) is 7.42. The minimum Gasteiger partial charge on any atom is -0.459 e. The van der Waals surface area contributed by atoms with Crippen LogP contribution < -0.4 is 10.2 Å². The second-order valence-electron chi connectivity index (χ2n) is 9.17.